The molecule has 0 aliphatic heterocycles. The molecule has 2 aromatic rings. The second-order valence-electron chi connectivity index (χ2n) is 4.26. The number of rotatable bonds is 3. The SMILES string of the molecule is Nc1c(F)c(F)c(N=Nc2c(F)c(F)c(N=O)c(F)c2F)c(F)c1F. The van der Waals surface area contributed by atoms with Crippen LogP contribution in [0.2, 0.25) is 0 Å². The van der Waals surface area contributed by atoms with Gasteiger partial charge in [-0.2, -0.15) is 0 Å². The topological polar surface area (TPSA) is 80.2 Å². The third-order valence-electron chi connectivity index (χ3n) is 2.83. The first-order chi connectivity index (χ1) is 11.6. The fourth-order valence-corrected chi connectivity index (χ4v) is 1.60. The lowest BCUT2D eigenvalue weighted by Gasteiger charge is -2.06. The minimum Gasteiger partial charge on any atom is -0.394 e. The van der Waals surface area contributed by atoms with Gasteiger partial charge in [-0.1, -0.05) is 0 Å². The highest BCUT2D eigenvalue weighted by atomic mass is 19.2. The first kappa shape index (κ1) is 18.2. The van der Waals surface area contributed by atoms with E-state index in [1.165, 1.54) is 0 Å². The summed E-state index contributed by atoms with van der Waals surface area (Å²) in [5, 5.41) is 6.74. The van der Waals surface area contributed by atoms with Gasteiger partial charge in [-0.3, -0.25) is 0 Å². The normalized spacial score (nSPS) is 11.4. The van der Waals surface area contributed by atoms with Crippen molar-refractivity contribution >= 4 is 22.7 Å². The zero-order valence-corrected chi connectivity index (χ0v) is 11.4. The Bertz CT molecular complexity index is 872. The van der Waals surface area contributed by atoms with E-state index in [4.69, 9.17) is 5.73 Å². The number of hydrogen-bond acceptors (Lipinski definition) is 5. The van der Waals surface area contributed by atoms with Gasteiger partial charge >= 0.3 is 0 Å². The summed E-state index contributed by atoms with van der Waals surface area (Å²) in [5.74, 6) is -17.6. The maximum Gasteiger partial charge on any atom is 0.193 e. The third kappa shape index (κ3) is 2.77. The van der Waals surface area contributed by atoms with E-state index in [0.29, 0.717) is 0 Å². The van der Waals surface area contributed by atoms with Crippen molar-refractivity contribution in [2.75, 3.05) is 5.73 Å². The summed E-state index contributed by atoms with van der Waals surface area (Å²) in [4.78, 5) is 10.1. The van der Waals surface area contributed by atoms with Gasteiger partial charge in [0.25, 0.3) is 0 Å². The zero-order chi connectivity index (χ0) is 19.0. The van der Waals surface area contributed by atoms with Crippen LogP contribution in [0.5, 0.6) is 0 Å². The third-order valence-corrected chi connectivity index (χ3v) is 2.83. The van der Waals surface area contributed by atoms with Crippen LogP contribution in [0, 0.1) is 51.4 Å². The molecule has 0 aromatic heterocycles. The van der Waals surface area contributed by atoms with Crippen LogP contribution in [0.3, 0.4) is 0 Å². The maximum absolute atomic E-state index is 13.5. The lowest BCUT2D eigenvalue weighted by Crippen LogP contribution is -2.02. The Morgan fingerprint density at radius 1 is 0.520 bits per heavy atom. The van der Waals surface area contributed by atoms with Crippen LogP contribution in [0.15, 0.2) is 15.4 Å². The predicted molar refractivity (Wildman–Crippen MR) is 66.6 cm³/mol. The van der Waals surface area contributed by atoms with Crippen molar-refractivity contribution in [2.24, 2.45) is 15.4 Å². The molecule has 0 saturated heterocycles. The predicted octanol–water partition coefficient (Wildman–Crippen LogP) is 5.19. The minimum atomic E-state index is -2.28. The summed E-state index contributed by atoms with van der Waals surface area (Å²) in [6.07, 6.45) is 0. The molecular formula is C12H2F8N4O. The molecule has 0 heterocycles. The monoisotopic (exact) mass is 370 g/mol. The van der Waals surface area contributed by atoms with Crippen molar-refractivity contribution in [3.05, 3.63) is 51.4 Å². The van der Waals surface area contributed by atoms with E-state index >= 15 is 0 Å². The van der Waals surface area contributed by atoms with E-state index in [1.807, 2.05) is 0 Å². The highest BCUT2D eigenvalue weighted by molar-refractivity contribution is 5.55. The van der Waals surface area contributed by atoms with Crippen LogP contribution in [-0.4, -0.2) is 0 Å². The molecule has 0 atom stereocenters. The van der Waals surface area contributed by atoms with Gasteiger partial charge in [0.1, 0.15) is 5.69 Å². The largest absolute Gasteiger partial charge is 0.394 e. The first-order valence-corrected chi connectivity index (χ1v) is 5.85. The van der Waals surface area contributed by atoms with Crippen LogP contribution in [0.25, 0.3) is 0 Å². The standard InChI is InChI=1S/C12H2F8N4O/c13-1-3(15)10(4(16)2(14)9(1)21)22-23-11-5(17)7(19)12(24-25)8(20)6(11)18/h21H2. The molecule has 0 aliphatic carbocycles. The van der Waals surface area contributed by atoms with E-state index in [2.05, 4.69) is 10.2 Å². The molecule has 132 valence electrons. The van der Waals surface area contributed by atoms with Gasteiger partial charge in [-0.25, -0.2) is 35.1 Å². The average molecular weight is 370 g/mol. The molecule has 0 aliphatic rings. The lowest BCUT2D eigenvalue weighted by molar-refractivity contribution is 0.456. The highest BCUT2D eigenvalue weighted by Crippen LogP contribution is 2.37. The van der Waals surface area contributed by atoms with Crippen LogP contribution in [-0.2, 0) is 0 Å². The second kappa shape index (κ2) is 6.41. The number of halogens is 8. The fraction of sp³-hybridized carbons (Fsp3) is 0. The van der Waals surface area contributed by atoms with Crippen molar-refractivity contribution in [2.45, 2.75) is 0 Å². The molecule has 0 radical (unpaired) electrons. The molecule has 0 spiro atoms. The van der Waals surface area contributed by atoms with Gasteiger partial charge in [0.05, 0.1) is 0 Å². The number of hydrogen-bond donors (Lipinski definition) is 1. The number of azo groups is 1. The zero-order valence-electron chi connectivity index (χ0n) is 11.4. The van der Waals surface area contributed by atoms with Crippen molar-refractivity contribution in [1.82, 2.24) is 0 Å². The summed E-state index contributed by atoms with van der Waals surface area (Å²) < 4.78 is 107. The summed E-state index contributed by atoms with van der Waals surface area (Å²) >= 11 is 0. The molecule has 2 N–H and O–H groups in total. The Labute approximate surface area is 131 Å². The lowest BCUT2D eigenvalue weighted by atomic mass is 10.2. The second-order valence-corrected chi connectivity index (χ2v) is 4.26. The Hall–Kier alpha value is -3.12. The Morgan fingerprint density at radius 3 is 1.12 bits per heavy atom. The Balaban J connectivity index is 2.69. The van der Waals surface area contributed by atoms with E-state index < -0.39 is 69.3 Å². The molecule has 0 amide bonds. The van der Waals surface area contributed by atoms with Crippen LogP contribution >= 0.6 is 0 Å². The highest BCUT2D eigenvalue weighted by Gasteiger charge is 2.28. The van der Waals surface area contributed by atoms with Crippen LogP contribution < -0.4 is 5.73 Å². The average Bonchev–Trinajstić information content (AvgIpc) is 2.59. The fourth-order valence-electron chi connectivity index (χ4n) is 1.60. The number of nitrogens with two attached hydrogens (primary N) is 1. The minimum absolute atomic E-state index is 1.54. The van der Waals surface area contributed by atoms with Gasteiger partial charge in [0.15, 0.2) is 63.6 Å². The number of nitrogens with zero attached hydrogens (tertiary/aromatic N) is 3. The summed E-state index contributed by atoms with van der Waals surface area (Å²) in [7, 11) is 0. The number of nitroso groups, excluding NO2 is 1. The van der Waals surface area contributed by atoms with Gasteiger partial charge in [0, 0.05) is 0 Å². The van der Waals surface area contributed by atoms with E-state index in [1.54, 1.807) is 5.18 Å². The van der Waals surface area contributed by atoms with Crippen molar-refractivity contribution in [3.63, 3.8) is 0 Å². The van der Waals surface area contributed by atoms with E-state index in [0.717, 1.165) is 0 Å². The van der Waals surface area contributed by atoms with Crippen molar-refractivity contribution in [3.8, 4) is 0 Å². The molecule has 0 bridgehead atoms. The summed E-state index contributed by atoms with van der Waals surface area (Å²) in [6, 6.07) is 0. The van der Waals surface area contributed by atoms with Gasteiger partial charge in [-0.15, -0.1) is 15.1 Å². The van der Waals surface area contributed by atoms with Gasteiger partial charge in [-0.05, 0) is 5.18 Å². The maximum atomic E-state index is 13.5. The Morgan fingerprint density at radius 2 is 0.800 bits per heavy atom. The molecule has 0 fully saturated rings. The van der Waals surface area contributed by atoms with Crippen LogP contribution in [0.1, 0.15) is 0 Å². The molecule has 0 saturated carbocycles. The molecule has 2 aromatic carbocycles. The summed E-state index contributed by atoms with van der Waals surface area (Å²) in [6.45, 7) is 0. The Kier molecular flexibility index (Phi) is 4.67. The van der Waals surface area contributed by atoms with E-state index in [-0.39, 0.29) is 0 Å². The quantitative estimate of drug-likeness (QED) is 0.265. The molecule has 25 heavy (non-hydrogen) atoms. The number of anilines is 1. The molecule has 2 rings (SSSR count). The van der Waals surface area contributed by atoms with Gasteiger partial charge < -0.3 is 5.73 Å². The number of benzene rings is 2. The van der Waals surface area contributed by atoms with E-state index in [9.17, 15) is 40.0 Å². The molecular weight excluding hydrogens is 368 g/mol. The smallest absolute Gasteiger partial charge is 0.193 e. The van der Waals surface area contributed by atoms with Crippen molar-refractivity contribution in [1.29, 1.82) is 0 Å². The van der Waals surface area contributed by atoms with Gasteiger partial charge in [0.2, 0.25) is 0 Å². The first-order valence-electron chi connectivity index (χ1n) is 5.85. The molecule has 0 unspecified atom stereocenters. The summed E-state index contributed by atoms with van der Waals surface area (Å²) in [5.41, 5.74) is -2.34. The number of nitrogen functional groups attached to an aromatic ring is 1. The van der Waals surface area contributed by atoms with Crippen molar-refractivity contribution < 1.29 is 35.1 Å². The molecule has 13 heteroatoms. The molecule has 5 nitrogen and oxygen atoms in total. The van der Waals surface area contributed by atoms with Crippen LogP contribution in [0.4, 0.5) is 57.9 Å².